The molecule has 0 radical (unpaired) electrons. The van der Waals surface area contributed by atoms with E-state index >= 15 is 0 Å². The summed E-state index contributed by atoms with van der Waals surface area (Å²) in [4.78, 5) is 12.2. The van der Waals surface area contributed by atoms with Crippen LogP contribution in [0.5, 0.6) is 0 Å². The number of benzene rings is 1. The Bertz CT molecular complexity index is 623. The van der Waals surface area contributed by atoms with Gasteiger partial charge in [-0.05, 0) is 53.0 Å². The van der Waals surface area contributed by atoms with E-state index in [2.05, 4.69) is 21.2 Å². The van der Waals surface area contributed by atoms with Crippen LogP contribution in [0.25, 0.3) is 0 Å². The Kier molecular flexibility index (Phi) is 3.66. The monoisotopic (exact) mass is 321 g/mol. The summed E-state index contributed by atoms with van der Waals surface area (Å²) in [5.74, 6) is -0.174. The molecule has 2 aromatic rings. The molecule has 0 spiro atoms. The van der Waals surface area contributed by atoms with Crippen LogP contribution < -0.4 is 11.1 Å². The largest absolute Gasteiger partial charge is 0.397 e. The smallest absolute Gasteiger partial charge is 0.272 e. The number of nitrogen functional groups attached to an aromatic ring is 1. The molecular formula is C14H16BrN3O. The zero-order valence-electron chi connectivity index (χ0n) is 11.1. The second-order valence-electron chi connectivity index (χ2n) is 4.66. The summed E-state index contributed by atoms with van der Waals surface area (Å²) in [6, 6.07) is 5.66. The second-order valence-corrected chi connectivity index (χ2v) is 5.52. The molecule has 3 N–H and O–H groups in total. The Morgan fingerprint density at radius 1 is 1.32 bits per heavy atom. The number of nitrogens with one attached hydrogen (secondary N) is 1. The number of hydrogen-bond donors (Lipinski definition) is 2. The summed E-state index contributed by atoms with van der Waals surface area (Å²) in [6.07, 6.45) is 1.71. The van der Waals surface area contributed by atoms with Crippen molar-refractivity contribution in [1.29, 1.82) is 0 Å². The van der Waals surface area contributed by atoms with Crippen LogP contribution in [0, 0.1) is 13.8 Å². The van der Waals surface area contributed by atoms with Crippen molar-refractivity contribution in [3.63, 3.8) is 0 Å². The lowest BCUT2D eigenvalue weighted by molar-refractivity contribution is 0.101. The summed E-state index contributed by atoms with van der Waals surface area (Å²) < 4.78 is 2.59. The number of carbonyl (C=O) groups is 1. The first-order valence-electron chi connectivity index (χ1n) is 5.88. The number of halogens is 1. The normalized spacial score (nSPS) is 10.5. The van der Waals surface area contributed by atoms with E-state index in [1.165, 1.54) is 0 Å². The molecule has 0 saturated heterocycles. The highest BCUT2D eigenvalue weighted by Crippen LogP contribution is 2.28. The third-order valence-electron chi connectivity index (χ3n) is 2.93. The third kappa shape index (κ3) is 2.81. The van der Waals surface area contributed by atoms with Crippen LogP contribution in [0.1, 0.15) is 21.6 Å². The van der Waals surface area contributed by atoms with Gasteiger partial charge in [-0.2, -0.15) is 0 Å². The lowest BCUT2D eigenvalue weighted by Crippen LogP contribution is -2.16. The highest BCUT2D eigenvalue weighted by Gasteiger charge is 2.14. The molecule has 5 heteroatoms. The second kappa shape index (κ2) is 5.09. The molecular weight excluding hydrogens is 306 g/mol. The van der Waals surface area contributed by atoms with E-state index in [1.54, 1.807) is 23.9 Å². The molecule has 0 unspecified atom stereocenters. The van der Waals surface area contributed by atoms with Gasteiger partial charge >= 0.3 is 0 Å². The van der Waals surface area contributed by atoms with Gasteiger partial charge in [-0.3, -0.25) is 4.79 Å². The fourth-order valence-electron chi connectivity index (χ4n) is 2.07. The van der Waals surface area contributed by atoms with Crippen LogP contribution in [0.2, 0.25) is 0 Å². The van der Waals surface area contributed by atoms with Gasteiger partial charge in [0.25, 0.3) is 5.91 Å². The van der Waals surface area contributed by atoms with Gasteiger partial charge in [0.15, 0.2) is 0 Å². The molecule has 0 saturated carbocycles. The highest BCUT2D eigenvalue weighted by atomic mass is 79.9. The van der Waals surface area contributed by atoms with Gasteiger partial charge in [-0.15, -0.1) is 0 Å². The highest BCUT2D eigenvalue weighted by molar-refractivity contribution is 9.10. The summed E-state index contributed by atoms with van der Waals surface area (Å²) in [7, 11) is 1.79. The van der Waals surface area contributed by atoms with E-state index < -0.39 is 0 Å². The third-order valence-corrected chi connectivity index (χ3v) is 3.55. The molecule has 1 aromatic heterocycles. The molecule has 1 amide bonds. The molecule has 1 heterocycles. The standard InChI is InChI=1S/C14H16BrN3O/c1-8-4-9(2)13(11(15)5-8)17-14(19)12-6-10(16)7-18(12)3/h4-7H,16H2,1-3H3,(H,17,19). The van der Waals surface area contributed by atoms with Gasteiger partial charge in [0.05, 0.1) is 11.4 Å². The Morgan fingerprint density at radius 2 is 2.00 bits per heavy atom. The minimum atomic E-state index is -0.174. The number of anilines is 2. The van der Waals surface area contributed by atoms with Crippen LogP contribution >= 0.6 is 15.9 Å². The Morgan fingerprint density at radius 3 is 2.53 bits per heavy atom. The van der Waals surface area contributed by atoms with Gasteiger partial charge in [-0.1, -0.05) is 6.07 Å². The predicted octanol–water partition coefficient (Wildman–Crippen LogP) is 3.24. The number of amides is 1. The van der Waals surface area contributed by atoms with Crippen molar-refractivity contribution in [2.75, 3.05) is 11.1 Å². The van der Waals surface area contributed by atoms with Crippen molar-refractivity contribution in [1.82, 2.24) is 4.57 Å². The Balaban J connectivity index is 2.32. The number of nitrogens with zero attached hydrogens (tertiary/aromatic N) is 1. The molecule has 0 atom stereocenters. The average Bonchev–Trinajstić information content (AvgIpc) is 2.62. The van der Waals surface area contributed by atoms with E-state index in [9.17, 15) is 4.79 Å². The van der Waals surface area contributed by atoms with Crippen molar-refractivity contribution in [3.8, 4) is 0 Å². The van der Waals surface area contributed by atoms with Crippen LogP contribution in [0.15, 0.2) is 28.9 Å². The van der Waals surface area contributed by atoms with Gasteiger partial charge in [0.1, 0.15) is 5.69 Å². The first-order valence-corrected chi connectivity index (χ1v) is 6.67. The molecule has 4 nitrogen and oxygen atoms in total. The van der Waals surface area contributed by atoms with Gasteiger partial charge in [-0.25, -0.2) is 0 Å². The summed E-state index contributed by atoms with van der Waals surface area (Å²) in [5.41, 5.74) is 9.74. The maximum Gasteiger partial charge on any atom is 0.272 e. The number of hydrogen-bond acceptors (Lipinski definition) is 2. The maximum absolute atomic E-state index is 12.2. The van der Waals surface area contributed by atoms with Crippen LogP contribution in [-0.2, 0) is 7.05 Å². The number of rotatable bonds is 2. The summed E-state index contributed by atoms with van der Waals surface area (Å²) in [6.45, 7) is 3.98. The van der Waals surface area contributed by atoms with E-state index in [0.717, 1.165) is 21.3 Å². The van der Waals surface area contributed by atoms with Crippen LogP contribution in [-0.4, -0.2) is 10.5 Å². The van der Waals surface area contributed by atoms with Gasteiger partial charge < -0.3 is 15.6 Å². The predicted molar refractivity (Wildman–Crippen MR) is 81.4 cm³/mol. The SMILES string of the molecule is Cc1cc(C)c(NC(=O)c2cc(N)cn2C)c(Br)c1. The zero-order chi connectivity index (χ0) is 14.2. The average molecular weight is 322 g/mol. The van der Waals surface area contributed by atoms with Crippen molar-refractivity contribution in [2.24, 2.45) is 7.05 Å². The minimum absolute atomic E-state index is 0.174. The van der Waals surface area contributed by atoms with Crippen molar-refractivity contribution in [2.45, 2.75) is 13.8 Å². The molecule has 1 aromatic carbocycles. The quantitative estimate of drug-likeness (QED) is 0.892. The zero-order valence-corrected chi connectivity index (χ0v) is 12.7. The number of carbonyl (C=O) groups excluding carboxylic acids is 1. The molecule has 19 heavy (non-hydrogen) atoms. The molecule has 0 aliphatic heterocycles. The Hall–Kier alpha value is -1.75. The van der Waals surface area contributed by atoms with E-state index in [4.69, 9.17) is 5.73 Å². The van der Waals surface area contributed by atoms with E-state index in [1.807, 2.05) is 26.0 Å². The van der Waals surface area contributed by atoms with Crippen LogP contribution in [0.4, 0.5) is 11.4 Å². The van der Waals surface area contributed by atoms with E-state index in [0.29, 0.717) is 11.4 Å². The van der Waals surface area contributed by atoms with E-state index in [-0.39, 0.29) is 5.91 Å². The number of aryl methyl sites for hydroxylation is 3. The van der Waals surface area contributed by atoms with Crippen molar-refractivity contribution >= 4 is 33.2 Å². The van der Waals surface area contributed by atoms with Gasteiger partial charge in [0, 0.05) is 17.7 Å². The molecule has 0 fully saturated rings. The maximum atomic E-state index is 12.2. The summed E-state index contributed by atoms with van der Waals surface area (Å²) >= 11 is 3.48. The molecule has 100 valence electrons. The lowest BCUT2D eigenvalue weighted by atomic mass is 10.1. The summed E-state index contributed by atoms with van der Waals surface area (Å²) in [5, 5.41) is 2.91. The lowest BCUT2D eigenvalue weighted by Gasteiger charge is -2.12. The Labute approximate surface area is 120 Å². The molecule has 2 rings (SSSR count). The van der Waals surface area contributed by atoms with Crippen molar-refractivity contribution < 1.29 is 4.79 Å². The first kappa shape index (κ1) is 13.7. The van der Waals surface area contributed by atoms with Gasteiger partial charge in [0.2, 0.25) is 0 Å². The minimum Gasteiger partial charge on any atom is -0.397 e. The fraction of sp³-hybridized carbons (Fsp3) is 0.214. The molecule has 0 bridgehead atoms. The fourth-order valence-corrected chi connectivity index (χ4v) is 2.84. The first-order chi connectivity index (χ1) is 8.88. The molecule has 0 aliphatic carbocycles. The molecule has 0 aliphatic rings. The number of nitrogens with two attached hydrogens (primary N) is 1. The topological polar surface area (TPSA) is 60.1 Å². The number of aromatic nitrogens is 1. The van der Waals surface area contributed by atoms with Crippen molar-refractivity contribution in [3.05, 3.63) is 45.7 Å². The van der Waals surface area contributed by atoms with Crippen LogP contribution in [0.3, 0.4) is 0 Å².